The Hall–Kier alpha value is -3.99. The molecule has 0 saturated heterocycles. The minimum Gasteiger partial charge on any atom is -0.479 e. The third-order valence-electron chi connectivity index (χ3n) is 4.49. The van der Waals surface area contributed by atoms with Gasteiger partial charge >= 0.3 is 0 Å². The van der Waals surface area contributed by atoms with Crippen LogP contribution in [0.4, 0.5) is 10.2 Å². The van der Waals surface area contributed by atoms with Crippen LogP contribution in [0.25, 0.3) is 11.0 Å². The number of ether oxygens (including phenoxy) is 1. The lowest BCUT2D eigenvalue weighted by Crippen LogP contribution is -2.04. The molecule has 4 aromatic rings. The van der Waals surface area contributed by atoms with Crippen LogP contribution in [0.1, 0.15) is 16.7 Å². The van der Waals surface area contributed by atoms with Crippen LogP contribution in [-0.4, -0.2) is 26.6 Å². The van der Waals surface area contributed by atoms with Gasteiger partial charge in [-0.15, -0.1) is 0 Å². The second-order valence-electron chi connectivity index (χ2n) is 6.39. The highest BCUT2D eigenvalue weighted by atomic mass is 19.1. The number of aromatic nitrogens is 4. The molecule has 0 bridgehead atoms. The van der Waals surface area contributed by atoms with Gasteiger partial charge in [0.05, 0.1) is 25.3 Å². The Morgan fingerprint density at radius 3 is 2.72 bits per heavy atom. The maximum absolute atomic E-state index is 13.7. The van der Waals surface area contributed by atoms with Gasteiger partial charge < -0.3 is 14.6 Å². The molecule has 0 amide bonds. The molecule has 0 unspecified atom stereocenters. The molecule has 0 saturated carbocycles. The van der Waals surface area contributed by atoms with Crippen molar-refractivity contribution >= 4 is 16.9 Å². The zero-order chi connectivity index (χ0) is 20.2. The lowest BCUT2D eigenvalue weighted by molar-refractivity contribution is 0.368. The van der Waals surface area contributed by atoms with Crippen LogP contribution in [0.3, 0.4) is 0 Å². The molecule has 0 fully saturated rings. The van der Waals surface area contributed by atoms with E-state index in [0.29, 0.717) is 30.0 Å². The smallest absolute Gasteiger partial charge is 0.250 e. The maximum atomic E-state index is 13.7. The Bertz CT molecular complexity index is 1200. The normalized spacial score (nSPS) is 10.7. The van der Waals surface area contributed by atoms with E-state index in [2.05, 4.69) is 26.3 Å². The van der Waals surface area contributed by atoms with Crippen molar-refractivity contribution in [3.8, 4) is 11.9 Å². The fraction of sp³-hybridized carbons (Fsp3) is 0.143. The highest BCUT2D eigenvalue weighted by Gasteiger charge is 2.08. The average molecular weight is 388 g/mol. The summed E-state index contributed by atoms with van der Waals surface area (Å²) in [5.41, 5.74) is 3.05. The average Bonchev–Trinajstić information content (AvgIpc) is 3.16. The fourth-order valence-electron chi connectivity index (χ4n) is 3.04. The van der Waals surface area contributed by atoms with Crippen molar-refractivity contribution in [2.45, 2.75) is 13.1 Å². The van der Waals surface area contributed by atoms with Crippen molar-refractivity contribution in [1.82, 2.24) is 19.5 Å². The van der Waals surface area contributed by atoms with Crippen molar-refractivity contribution in [3.63, 3.8) is 0 Å². The summed E-state index contributed by atoms with van der Waals surface area (Å²) >= 11 is 0. The predicted molar refractivity (Wildman–Crippen MR) is 106 cm³/mol. The van der Waals surface area contributed by atoms with Crippen LogP contribution < -0.4 is 10.1 Å². The zero-order valence-corrected chi connectivity index (χ0v) is 15.6. The number of fused-ring (bicyclic) bond motifs is 1. The van der Waals surface area contributed by atoms with Gasteiger partial charge in [0.1, 0.15) is 11.5 Å². The van der Waals surface area contributed by atoms with Crippen molar-refractivity contribution in [2.24, 2.45) is 0 Å². The van der Waals surface area contributed by atoms with E-state index in [1.807, 2.05) is 29.0 Å². The number of hydrogen-bond acceptors (Lipinski definition) is 6. The van der Waals surface area contributed by atoms with Gasteiger partial charge in [0.2, 0.25) is 5.88 Å². The molecule has 4 aromatic heterocycles. The van der Waals surface area contributed by atoms with E-state index < -0.39 is 5.82 Å². The molecule has 4 rings (SSSR count). The Labute approximate surface area is 166 Å². The van der Waals surface area contributed by atoms with E-state index in [4.69, 9.17) is 4.74 Å². The molecule has 8 heteroatoms. The Morgan fingerprint density at radius 1 is 1.14 bits per heavy atom. The van der Waals surface area contributed by atoms with Crippen molar-refractivity contribution in [2.75, 3.05) is 12.4 Å². The quantitative estimate of drug-likeness (QED) is 0.544. The summed E-state index contributed by atoms with van der Waals surface area (Å²) < 4.78 is 20.5. The third kappa shape index (κ3) is 3.84. The summed E-state index contributed by atoms with van der Waals surface area (Å²) in [4.78, 5) is 12.7. The standard InChI is InChI=1S/C21H17FN6O/c1-29-21-18(22)8-15(12-27-21)11-26-19-3-2-14(10-25-19)13-28-7-5-17-16(9-23)4-6-24-20(17)28/h2-8,10,12H,11,13H2,1H3,(H,25,26). The minimum atomic E-state index is -0.498. The van der Waals surface area contributed by atoms with Crippen molar-refractivity contribution in [3.05, 3.63) is 77.6 Å². The number of rotatable bonds is 6. The van der Waals surface area contributed by atoms with Crippen molar-refractivity contribution in [1.29, 1.82) is 5.26 Å². The second kappa shape index (κ2) is 7.94. The van der Waals surface area contributed by atoms with Crippen LogP contribution in [0.5, 0.6) is 5.88 Å². The molecule has 1 N–H and O–H groups in total. The number of anilines is 1. The highest BCUT2D eigenvalue weighted by molar-refractivity contribution is 5.82. The van der Waals surface area contributed by atoms with Gasteiger partial charge in [0.25, 0.3) is 0 Å². The summed E-state index contributed by atoms with van der Waals surface area (Å²) in [7, 11) is 1.38. The van der Waals surface area contributed by atoms with Gasteiger partial charge in [-0.05, 0) is 35.4 Å². The first kappa shape index (κ1) is 18.4. The van der Waals surface area contributed by atoms with E-state index in [0.717, 1.165) is 16.6 Å². The van der Waals surface area contributed by atoms with Crippen molar-refractivity contribution < 1.29 is 9.13 Å². The number of halogens is 1. The van der Waals surface area contributed by atoms with E-state index >= 15 is 0 Å². The van der Waals surface area contributed by atoms with Gasteiger partial charge in [-0.25, -0.2) is 19.3 Å². The molecule has 0 aromatic carbocycles. The molecular weight excluding hydrogens is 371 g/mol. The molecule has 4 heterocycles. The SMILES string of the molecule is COc1ncc(CNc2ccc(Cn3ccc4c(C#N)ccnc43)cn2)cc1F. The van der Waals surface area contributed by atoms with Gasteiger partial charge in [0, 0.05) is 36.7 Å². The minimum absolute atomic E-state index is 0.0230. The summed E-state index contributed by atoms with van der Waals surface area (Å²) in [6.07, 6.45) is 6.88. The number of nitrogens with one attached hydrogen (secondary N) is 1. The van der Waals surface area contributed by atoms with E-state index in [1.54, 1.807) is 24.7 Å². The maximum Gasteiger partial charge on any atom is 0.250 e. The number of hydrogen-bond donors (Lipinski definition) is 1. The topological polar surface area (TPSA) is 88.6 Å². The molecule has 0 aliphatic carbocycles. The summed E-state index contributed by atoms with van der Waals surface area (Å²) in [5.74, 6) is 0.152. The lowest BCUT2D eigenvalue weighted by Gasteiger charge is -2.09. The van der Waals surface area contributed by atoms with Gasteiger partial charge in [0.15, 0.2) is 5.82 Å². The first-order valence-electron chi connectivity index (χ1n) is 8.89. The van der Waals surface area contributed by atoms with Crippen LogP contribution in [-0.2, 0) is 13.1 Å². The van der Waals surface area contributed by atoms with Gasteiger partial charge in [-0.1, -0.05) is 6.07 Å². The fourth-order valence-corrected chi connectivity index (χ4v) is 3.04. The molecule has 0 atom stereocenters. The molecule has 0 radical (unpaired) electrons. The molecular formula is C21H17FN6O. The number of pyridine rings is 3. The van der Waals surface area contributed by atoms with E-state index in [-0.39, 0.29) is 5.88 Å². The molecule has 0 aliphatic heterocycles. The van der Waals surface area contributed by atoms with Crippen LogP contribution >= 0.6 is 0 Å². The summed E-state index contributed by atoms with van der Waals surface area (Å²) in [6, 6.07) is 11.0. The predicted octanol–water partition coefficient (Wildman–Crippen LogP) is 3.51. The Kier molecular flexibility index (Phi) is 5.03. The number of methoxy groups -OCH3 is 1. The van der Waals surface area contributed by atoms with Crippen LogP contribution in [0.2, 0.25) is 0 Å². The lowest BCUT2D eigenvalue weighted by atomic mass is 10.2. The summed E-state index contributed by atoms with van der Waals surface area (Å²) in [5, 5.41) is 13.2. The van der Waals surface area contributed by atoms with Gasteiger partial charge in [-0.2, -0.15) is 5.26 Å². The van der Waals surface area contributed by atoms with Crippen LogP contribution in [0.15, 0.2) is 55.1 Å². The first-order valence-corrected chi connectivity index (χ1v) is 8.89. The van der Waals surface area contributed by atoms with E-state index in [1.165, 1.54) is 13.2 Å². The number of nitrogens with zero attached hydrogens (tertiary/aromatic N) is 5. The Morgan fingerprint density at radius 2 is 2.00 bits per heavy atom. The van der Waals surface area contributed by atoms with Crippen LogP contribution in [0, 0.1) is 17.1 Å². The van der Waals surface area contributed by atoms with E-state index in [9.17, 15) is 9.65 Å². The molecule has 0 aliphatic rings. The highest BCUT2D eigenvalue weighted by Crippen LogP contribution is 2.19. The summed E-state index contributed by atoms with van der Waals surface area (Å²) in [6.45, 7) is 0.982. The molecule has 29 heavy (non-hydrogen) atoms. The molecule has 144 valence electrons. The van der Waals surface area contributed by atoms with Gasteiger partial charge in [-0.3, -0.25) is 0 Å². The molecule has 0 spiro atoms. The number of nitriles is 1. The largest absolute Gasteiger partial charge is 0.479 e. The first-order chi connectivity index (χ1) is 14.2. The molecule has 7 nitrogen and oxygen atoms in total. The third-order valence-corrected chi connectivity index (χ3v) is 4.49. The zero-order valence-electron chi connectivity index (χ0n) is 15.6. The Balaban J connectivity index is 1.43. The monoisotopic (exact) mass is 388 g/mol. The second-order valence-corrected chi connectivity index (χ2v) is 6.39.